The van der Waals surface area contributed by atoms with Gasteiger partial charge in [0.1, 0.15) is 23.9 Å². The maximum atomic E-state index is 14.0. The normalized spacial score (nSPS) is 15.5. The molecule has 31 heavy (non-hydrogen) atoms. The van der Waals surface area contributed by atoms with Gasteiger partial charge in [0.2, 0.25) is 0 Å². The molecule has 0 spiro atoms. The SMILES string of the molecule is Cc1cc(OCc2c(F)cccc2F)c2nc(C)c(C(=O)CC(C)(C#N)C3CC3)n2c1. The number of benzene rings is 1. The molecule has 5 nitrogen and oxygen atoms in total. The summed E-state index contributed by atoms with van der Waals surface area (Å²) in [4.78, 5) is 17.7. The number of rotatable bonds is 7. The van der Waals surface area contributed by atoms with Crippen LogP contribution in [-0.2, 0) is 6.61 Å². The molecule has 1 fully saturated rings. The van der Waals surface area contributed by atoms with Gasteiger partial charge < -0.3 is 4.74 Å². The molecule has 4 rings (SSSR count). The molecular formula is C24H23F2N3O2. The number of carbonyl (C=O) groups is 1. The summed E-state index contributed by atoms with van der Waals surface area (Å²) >= 11 is 0. The summed E-state index contributed by atoms with van der Waals surface area (Å²) in [6.45, 7) is 5.10. The summed E-state index contributed by atoms with van der Waals surface area (Å²) in [7, 11) is 0. The fraction of sp³-hybridized carbons (Fsp3) is 0.375. The first-order chi connectivity index (χ1) is 14.7. The highest BCUT2D eigenvalue weighted by molar-refractivity contribution is 5.97. The van der Waals surface area contributed by atoms with Crippen molar-refractivity contribution in [2.75, 3.05) is 0 Å². The van der Waals surface area contributed by atoms with Crippen LogP contribution in [0.25, 0.3) is 5.65 Å². The van der Waals surface area contributed by atoms with E-state index in [-0.39, 0.29) is 30.3 Å². The molecule has 1 aromatic carbocycles. The molecule has 160 valence electrons. The summed E-state index contributed by atoms with van der Waals surface area (Å²) in [6, 6.07) is 7.70. The van der Waals surface area contributed by atoms with Gasteiger partial charge in [0.05, 0.1) is 22.7 Å². The van der Waals surface area contributed by atoms with Crippen molar-refractivity contribution in [2.24, 2.45) is 11.3 Å². The van der Waals surface area contributed by atoms with E-state index in [0.29, 0.717) is 22.8 Å². The number of fused-ring (bicyclic) bond motifs is 1. The van der Waals surface area contributed by atoms with E-state index < -0.39 is 17.0 Å². The van der Waals surface area contributed by atoms with Crippen molar-refractivity contribution in [1.82, 2.24) is 9.38 Å². The number of nitriles is 1. The van der Waals surface area contributed by atoms with Crippen LogP contribution in [0.1, 0.15) is 53.5 Å². The number of hydrogen-bond acceptors (Lipinski definition) is 4. The minimum absolute atomic E-state index is 0.118. The second-order valence-electron chi connectivity index (χ2n) is 8.51. The van der Waals surface area contributed by atoms with Gasteiger partial charge in [-0.05, 0) is 63.3 Å². The summed E-state index contributed by atoms with van der Waals surface area (Å²) < 4.78 is 35.3. The highest BCUT2D eigenvalue weighted by atomic mass is 19.1. The number of halogens is 2. The minimum atomic E-state index is -0.695. The van der Waals surface area contributed by atoms with Crippen molar-refractivity contribution in [3.8, 4) is 11.8 Å². The van der Waals surface area contributed by atoms with Gasteiger partial charge in [-0.25, -0.2) is 13.8 Å². The topological polar surface area (TPSA) is 67.4 Å². The van der Waals surface area contributed by atoms with E-state index in [1.54, 1.807) is 23.6 Å². The fourth-order valence-electron chi connectivity index (χ4n) is 4.03. The first-order valence-electron chi connectivity index (χ1n) is 10.2. The lowest BCUT2D eigenvalue weighted by atomic mass is 9.81. The molecule has 1 aliphatic carbocycles. The predicted molar refractivity (Wildman–Crippen MR) is 111 cm³/mol. The van der Waals surface area contributed by atoms with Crippen molar-refractivity contribution in [3.63, 3.8) is 0 Å². The quantitative estimate of drug-likeness (QED) is 0.482. The molecule has 1 atom stereocenters. The maximum absolute atomic E-state index is 14.0. The van der Waals surface area contributed by atoms with Gasteiger partial charge in [-0.3, -0.25) is 9.20 Å². The number of ketones is 1. The Balaban J connectivity index is 1.68. The Morgan fingerprint density at radius 1 is 1.32 bits per heavy atom. The van der Waals surface area contributed by atoms with Crippen LogP contribution in [0, 0.1) is 48.1 Å². The average Bonchev–Trinajstić information content (AvgIpc) is 3.51. The van der Waals surface area contributed by atoms with Gasteiger partial charge in [0.25, 0.3) is 0 Å². The fourth-order valence-corrected chi connectivity index (χ4v) is 4.03. The Kier molecular flexibility index (Phi) is 5.26. The van der Waals surface area contributed by atoms with E-state index in [1.807, 2.05) is 13.8 Å². The molecule has 0 bridgehead atoms. The number of aromatic nitrogens is 2. The van der Waals surface area contributed by atoms with E-state index in [1.165, 1.54) is 18.2 Å². The maximum Gasteiger partial charge on any atom is 0.183 e. The Labute approximate surface area is 179 Å². The van der Waals surface area contributed by atoms with Crippen LogP contribution >= 0.6 is 0 Å². The van der Waals surface area contributed by atoms with E-state index in [0.717, 1.165) is 18.4 Å². The van der Waals surface area contributed by atoms with Gasteiger partial charge in [-0.15, -0.1) is 0 Å². The number of imidazole rings is 1. The third-order valence-corrected chi connectivity index (χ3v) is 5.96. The molecule has 2 aromatic heterocycles. The second kappa shape index (κ2) is 7.77. The molecular weight excluding hydrogens is 400 g/mol. The standard InChI is InChI=1S/C24H23F2N3O2/c1-14-9-21(31-12-17-18(25)5-4-6-19(17)26)23-28-15(2)22(29(23)11-14)20(30)10-24(3,13-27)16-7-8-16/h4-6,9,11,16H,7-8,10,12H2,1-3H3. The van der Waals surface area contributed by atoms with E-state index in [2.05, 4.69) is 11.1 Å². The molecule has 2 heterocycles. The van der Waals surface area contributed by atoms with Crippen LogP contribution in [0.2, 0.25) is 0 Å². The lowest BCUT2D eigenvalue weighted by molar-refractivity contribution is 0.0930. The molecule has 7 heteroatoms. The monoisotopic (exact) mass is 423 g/mol. The highest BCUT2D eigenvalue weighted by Crippen LogP contribution is 2.47. The Morgan fingerprint density at radius 2 is 2.00 bits per heavy atom. The van der Waals surface area contributed by atoms with Gasteiger partial charge in [-0.2, -0.15) is 5.26 Å². The third-order valence-electron chi connectivity index (χ3n) is 5.96. The predicted octanol–water partition coefficient (Wildman–Crippen LogP) is 5.32. The summed E-state index contributed by atoms with van der Waals surface area (Å²) in [6.07, 6.45) is 3.83. The molecule has 0 radical (unpaired) electrons. The van der Waals surface area contributed by atoms with Crippen molar-refractivity contribution in [1.29, 1.82) is 5.26 Å². The third kappa shape index (κ3) is 3.90. The summed E-state index contributed by atoms with van der Waals surface area (Å²) in [5, 5.41) is 9.63. The smallest absolute Gasteiger partial charge is 0.183 e. The molecule has 0 N–H and O–H groups in total. The van der Waals surface area contributed by atoms with Crippen LogP contribution in [0.4, 0.5) is 8.78 Å². The van der Waals surface area contributed by atoms with Crippen molar-refractivity contribution in [2.45, 2.75) is 46.6 Å². The first-order valence-corrected chi connectivity index (χ1v) is 10.2. The van der Waals surface area contributed by atoms with Gasteiger partial charge in [-0.1, -0.05) is 6.07 Å². The van der Waals surface area contributed by atoms with Gasteiger partial charge in [0.15, 0.2) is 17.2 Å². The number of hydrogen-bond donors (Lipinski definition) is 0. The van der Waals surface area contributed by atoms with Crippen LogP contribution < -0.4 is 4.74 Å². The second-order valence-corrected chi connectivity index (χ2v) is 8.51. The molecule has 0 amide bonds. The zero-order chi connectivity index (χ0) is 22.3. The zero-order valence-electron chi connectivity index (χ0n) is 17.7. The van der Waals surface area contributed by atoms with Gasteiger partial charge in [0, 0.05) is 12.6 Å². The van der Waals surface area contributed by atoms with Crippen molar-refractivity contribution >= 4 is 11.4 Å². The van der Waals surface area contributed by atoms with E-state index in [9.17, 15) is 18.8 Å². The number of ether oxygens (including phenoxy) is 1. The van der Waals surface area contributed by atoms with E-state index >= 15 is 0 Å². The lowest BCUT2D eigenvalue weighted by Crippen LogP contribution is -2.22. The highest BCUT2D eigenvalue weighted by Gasteiger charge is 2.43. The molecule has 0 saturated heterocycles. The van der Waals surface area contributed by atoms with Crippen LogP contribution in [-0.4, -0.2) is 15.2 Å². The van der Waals surface area contributed by atoms with Crippen LogP contribution in [0.3, 0.4) is 0 Å². The van der Waals surface area contributed by atoms with Crippen LogP contribution in [0.15, 0.2) is 30.5 Å². The first kappa shape index (κ1) is 21.0. The van der Waals surface area contributed by atoms with Crippen molar-refractivity contribution < 1.29 is 18.3 Å². The molecule has 1 saturated carbocycles. The summed E-state index contributed by atoms with van der Waals surface area (Å²) in [5.74, 6) is -0.949. The molecule has 1 unspecified atom stereocenters. The van der Waals surface area contributed by atoms with Crippen molar-refractivity contribution in [3.05, 3.63) is 64.6 Å². The number of pyridine rings is 1. The number of aryl methyl sites for hydroxylation is 2. The van der Waals surface area contributed by atoms with E-state index in [4.69, 9.17) is 4.74 Å². The van der Waals surface area contributed by atoms with Gasteiger partial charge >= 0.3 is 0 Å². The number of carbonyl (C=O) groups excluding carboxylic acids is 1. The molecule has 3 aromatic rings. The molecule has 1 aliphatic rings. The largest absolute Gasteiger partial charge is 0.485 e. The molecule has 0 aliphatic heterocycles. The Bertz CT molecular complexity index is 1200. The number of Topliss-reactive ketones (excluding diaryl/α,β-unsaturated/α-hetero) is 1. The summed E-state index contributed by atoms with van der Waals surface area (Å²) in [5.41, 5.74) is 1.26. The minimum Gasteiger partial charge on any atom is -0.485 e. The van der Waals surface area contributed by atoms with Crippen LogP contribution in [0.5, 0.6) is 5.75 Å². The zero-order valence-corrected chi connectivity index (χ0v) is 17.7. The average molecular weight is 423 g/mol. The Morgan fingerprint density at radius 3 is 2.61 bits per heavy atom. The Hall–Kier alpha value is -3.27. The number of nitrogens with zero attached hydrogens (tertiary/aromatic N) is 3. The lowest BCUT2D eigenvalue weighted by Gasteiger charge is -2.20.